The van der Waals surface area contributed by atoms with E-state index in [4.69, 9.17) is 11.6 Å². The van der Waals surface area contributed by atoms with Crippen LogP contribution in [0.1, 0.15) is 44.4 Å². The fourth-order valence-corrected chi connectivity index (χ4v) is 4.58. The van der Waals surface area contributed by atoms with Crippen molar-refractivity contribution in [2.75, 3.05) is 18.5 Å². The van der Waals surface area contributed by atoms with Crippen LogP contribution in [0.5, 0.6) is 0 Å². The van der Waals surface area contributed by atoms with Crippen molar-refractivity contribution in [1.82, 2.24) is 14.9 Å². The van der Waals surface area contributed by atoms with E-state index in [2.05, 4.69) is 16.4 Å². The van der Waals surface area contributed by atoms with E-state index in [1.807, 2.05) is 16.0 Å². The number of fused-ring (bicyclic) bond motifs is 1. The normalized spacial score (nSPS) is 13.0. The van der Waals surface area contributed by atoms with Gasteiger partial charge in [-0.2, -0.15) is 0 Å². The number of anilines is 1. The third-order valence-corrected chi connectivity index (χ3v) is 6.38. The Bertz CT molecular complexity index is 1060. The van der Waals surface area contributed by atoms with Gasteiger partial charge in [-0.05, 0) is 48.9 Å². The van der Waals surface area contributed by atoms with Crippen LogP contribution in [0.4, 0.5) is 5.82 Å². The standard InChI is InChI=1S/C22H23ClN4O2S/c1-26(22(29)15-6-4-7-16(23)14-15)20-19(27-12-3-2-9-18(27)25-20)21(28)24-11-10-17-8-5-13-30-17/h4-8,13-14H,2-3,9-12H2,1H3,(H,24,28). The molecule has 4 rings (SSSR count). The maximum Gasteiger partial charge on any atom is 0.271 e. The molecule has 8 heteroatoms. The lowest BCUT2D eigenvalue weighted by Gasteiger charge is -2.19. The molecule has 2 aromatic heterocycles. The van der Waals surface area contributed by atoms with E-state index < -0.39 is 0 Å². The van der Waals surface area contributed by atoms with E-state index in [0.29, 0.717) is 28.6 Å². The Morgan fingerprint density at radius 2 is 2.13 bits per heavy atom. The summed E-state index contributed by atoms with van der Waals surface area (Å²) in [6.45, 7) is 1.26. The minimum atomic E-state index is -0.249. The molecule has 2 amide bonds. The fourth-order valence-electron chi connectivity index (χ4n) is 3.68. The van der Waals surface area contributed by atoms with Crippen molar-refractivity contribution in [2.24, 2.45) is 0 Å². The number of nitrogens with one attached hydrogen (secondary N) is 1. The van der Waals surface area contributed by atoms with Crippen LogP contribution in [0.25, 0.3) is 0 Å². The number of benzene rings is 1. The number of aromatic nitrogens is 2. The summed E-state index contributed by atoms with van der Waals surface area (Å²) < 4.78 is 1.96. The molecule has 3 heterocycles. The second-order valence-electron chi connectivity index (χ2n) is 7.27. The van der Waals surface area contributed by atoms with E-state index in [9.17, 15) is 9.59 Å². The first kappa shape index (κ1) is 20.6. The van der Waals surface area contributed by atoms with Crippen molar-refractivity contribution >= 4 is 40.6 Å². The summed E-state index contributed by atoms with van der Waals surface area (Å²) in [5, 5.41) is 5.52. The van der Waals surface area contributed by atoms with Crippen LogP contribution in [-0.2, 0) is 19.4 Å². The van der Waals surface area contributed by atoms with Gasteiger partial charge in [-0.15, -0.1) is 11.3 Å². The lowest BCUT2D eigenvalue weighted by atomic mass is 10.1. The smallest absolute Gasteiger partial charge is 0.271 e. The van der Waals surface area contributed by atoms with E-state index in [0.717, 1.165) is 38.1 Å². The molecule has 0 radical (unpaired) electrons. The number of thiophene rings is 1. The van der Waals surface area contributed by atoms with Crippen LogP contribution in [-0.4, -0.2) is 35.0 Å². The first-order valence-corrected chi connectivity index (χ1v) is 11.2. The lowest BCUT2D eigenvalue weighted by Crippen LogP contribution is -2.33. The quantitative estimate of drug-likeness (QED) is 0.622. The van der Waals surface area contributed by atoms with Gasteiger partial charge in [0.25, 0.3) is 11.8 Å². The van der Waals surface area contributed by atoms with Gasteiger partial charge in [0.15, 0.2) is 11.5 Å². The molecule has 1 aliphatic rings. The monoisotopic (exact) mass is 442 g/mol. The van der Waals surface area contributed by atoms with Gasteiger partial charge in [-0.1, -0.05) is 23.7 Å². The molecule has 0 bridgehead atoms. The first-order valence-electron chi connectivity index (χ1n) is 9.98. The molecule has 6 nitrogen and oxygen atoms in total. The van der Waals surface area contributed by atoms with E-state index >= 15 is 0 Å². The molecule has 1 N–H and O–H groups in total. The lowest BCUT2D eigenvalue weighted by molar-refractivity contribution is 0.0944. The summed E-state index contributed by atoms with van der Waals surface area (Å²) in [6, 6.07) is 10.8. The highest BCUT2D eigenvalue weighted by Crippen LogP contribution is 2.27. The number of carbonyl (C=O) groups is 2. The van der Waals surface area contributed by atoms with E-state index in [1.54, 1.807) is 42.6 Å². The van der Waals surface area contributed by atoms with E-state index in [1.165, 1.54) is 9.78 Å². The Hall–Kier alpha value is -2.64. The molecule has 1 aromatic carbocycles. The van der Waals surface area contributed by atoms with Crippen LogP contribution in [0, 0.1) is 0 Å². The highest BCUT2D eigenvalue weighted by molar-refractivity contribution is 7.09. The van der Waals surface area contributed by atoms with Gasteiger partial charge in [-0.25, -0.2) is 4.98 Å². The second kappa shape index (κ2) is 9.02. The van der Waals surface area contributed by atoms with E-state index in [-0.39, 0.29) is 11.8 Å². The Kier molecular flexibility index (Phi) is 6.20. The molecule has 0 saturated carbocycles. The van der Waals surface area contributed by atoms with Crippen molar-refractivity contribution in [3.63, 3.8) is 0 Å². The minimum Gasteiger partial charge on any atom is -0.350 e. The maximum absolute atomic E-state index is 13.1. The topological polar surface area (TPSA) is 67.2 Å². The van der Waals surface area contributed by atoms with Crippen molar-refractivity contribution in [3.05, 3.63) is 68.8 Å². The van der Waals surface area contributed by atoms with Crippen LogP contribution < -0.4 is 10.2 Å². The molecule has 1 aliphatic heterocycles. The molecule has 0 spiro atoms. The van der Waals surface area contributed by atoms with Gasteiger partial charge >= 0.3 is 0 Å². The maximum atomic E-state index is 13.1. The zero-order valence-corrected chi connectivity index (χ0v) is 18.3. The molecule has 0 unspecified atom stereocenters. The Morgan fingerprint density at radius 1 is 1.27 bits per heavy atom. The molecule has 156 valence electrons. The molecule has 0 atom stereocenters. The van der Waals surface area contributed by atoms with Gasteiger partial charge in [0.05, 0.1) is 0 Å². The van der Waals surface area contributed by atoms with Crippen molar-refractivity contribution < 1.29 is 9.59 Å². The zero-order valence-electron chi connectivity index (χ0n) is 16.7. The summed E-state index contributed by atoms with van der Waals surface area (Å²) in [5.41, 5.74) is 0.911. The van der Waals surface area contributed by atoms with Crippen LogP contribution >= 0.6 is 22.9 Å². The molecule has 0 aliphatic carbocycles. The predicted molar refractivity (Wildman–Crippen MR) is 120 cm³/mol. The molecular weight excluding hydrogens is 420 g/mol. The summed E-state index contributed by atoms with van der Waals surface area (Å²) >= 11 is 7.72. The number of amides is 2. The zero-order chi connectivity index (χ0) is 21.1. The highest BCUT2D eigenvalue weighted by Gasteiger charge is 2.29. The SMILES string of the molecule is CN(C(=O)c1cccc(Cl)c1)c1nc2n(c1C(=O)NCCc1cccs1)CCCC2. The number of nitrogens with zero attached hydrogens (tertiary/aromatic N) is 3. The first-order chi connectivity index (χ1) is 14.5. The number of halogens is 1. The number of hydrogen-bond donors (Lipinski definition) is 1. The fraction of sp³-hybridized carbons (Fsp3) is 0.318. The molecule has 30 heavy (non-hydrogen) atoms. The van der Waals surface area contributed by atoms with Crippen molar-refractivity contribution in [3.8, 4) is 0 Å². The van der Waals surface area contributed by atoms with Gasteiger partial charge < -0.3 is 9.88 Å². The number of rotatable bonds is 6. The predicted octanol–water partition coefficient (Wildman–Crippen LogP) is 4.18. The minimum absolute atomic E-state index is 0.201. The molecule has 0 saturated heterocycles. The summed E-state index contributed by atoms with van der Waals surface area (Å²) in [4.78, 5) is 33.5. The number of carbonyl (C=O) groups excluding carboxylic acids is 2. The Labute approximate surface area is 184 Å². The van der Waals surface area contributed by atoms with Gasteiger partial charge in [0.2, 0.25) is 0 Å². The number of aryl methyl sites for hydroxylation is 1. The van der Waals surface area contributed by atoms with Crippen LogP contribution in [0.15, 0.2) is 41.8 Å². The molecule has 0 fully saturated rings. The number of hydrogen-bond acceptors (Lipinski definition) is 4. The van der Waals surface area contributed by atoms with Crippen molar-refractivity contribution in [1.29, 1.82) is 0 Å². The Morgan fingerprint density at radius 3 is 2.90 bits per heavy atom. The highest BCUT2D eigenvalue weighted by atomic mass is 35.5. The van der Waals surface area contributed by atoms with Crippen LogP contribution in [0.2, 0.25) is 5.02 Å². The average molecular weight is 443 g/mol. The third kappa shape index (κ3) is 4.27. The number of imidazole rings is 1. The van der Waals surface area contributed by atoms with Crippen LogP contribution in [0.3, 0.4) is 0 Å². The van der Waals surface area contributed by atoms with Gasteiger partial charge in [0.1, 0.15) is 5.82 Å². The summed E-state index contributed by atoms with van der Waals surface area (Å²) in [5.74, 6) is 0.796. The van der Waals surface area contributed by atoms with Gasteiger partial charge in [0, 0.05) is 42.0 Å². The summed E-state index contributed by atoms with van der Waals surface area (Å²) in [7, 11) is 1.65. The Balaban J connectivity index is 1.60. The van der Waals surface area contributed by atoms with Crippen molar-refractivity contribution in [2.45, 2.75) is 32.2 Å². The molecular formula is C22H23ClN4O2S. The third-order valence-electron chi connectivity index (χ3n) is 5.21. The molecule has 3 aromatic rings. The summed E-state index contributed by atoms with van der Waals surface area (Å²) in [6.07, 6.45) is 3.60. The van der Waals surface area contributed by atoms with Gasteiger partial charge in [-0.3, -0.25) is 14.5 Å². The average Bonchev–Trinajstić information content (AvgIpc) is 3.40. The largest absolute Gasteiger partial charge is 0.350 e. The second-order valence-corrected chi connectivity index (χ2v) is 8.74.